The molecule has 4 aliphatic rings. The summed E-state index contributed by atoms with van der Waals surface area (Å²) in [5.74, 6) is -5.05. The van der Waals surface area contributed by atoms with Gasteiger partial charge in [-0.2, -0.15) is 0 Å². The van der Waals surface area contributed by atoms with Crippen LogP contribution < -0.4 is 15.8 Å². The Morgan fingerprint density at radius 2 is 1.72 bits per heavy atom. The third kappa shape index (κ3) is 6.75. The molecular formula is C32H41F3N6O4S. The molecule has 6 heterocycles. The number of sulfone groups is 1. The maximum Gasteiger partial charge on any atom is 0.278 e. The molecule has 2 fully saturated rings. The van der Waals surface area contributed by atoms with Gasteiger partial charge in [0.1, 0.15) is 29.3 Å². The van der Waals surface area contributed by atoms with Crippen molar-refractivity contribution >= 4 is 32.4 Å². The minimum absolute atomic E-state index is 0.0649. The normalized spacial score (nSPS) is 25.8. The summed E-state index contributed by atoms with van der Waals surface area (Å²) in [6.07, 6.45) is 4.14. The summed E-state index contributed by atoms with van der Waals surface area (Å²) >= 11 is 0. The second kappa shape index (κ2) is 13.5. The highest BCUT2D eigenvalue weighted by molar-refractivity contribution is 7.91. The first kappa shape index (κ1) is 32.7. The van der Waals surface area contributed by atoms with E-state index in [2.05, 4.69) is 20.2 Å². The van der Waals surface area contributed by atoms with Crippen molar-refractivity contribution < 1.29 is 26.3 Å². The van der Waals surface area contributed by atoms with Crippen LogP contribution in [0.5, 0.6) is 0 Å². The van der Waals surface area contributed by atoms with Crippen LogP contribution in [0.15, 0.2) is 35.4 Å². The van der Waals surface area contributed by atoms with E-state index >= 15 is 13.2 Å². The van der Waals surface area contributed by atoms with Gasteiger partial charge in [-0.3, -0.25) is 9.36 Å². The van der Waals surface area contributed by atoms with E-state index in [0.29, 0.717) is 74.6 Å². The topological polar surface area (TPSA) is 110 Å². The quantitative estimate of drug-likeness (QED) is 0.407. The van der Waals surface area contributed by atoms with E-state index in [1.54, 1.807) is 22.5 Å². The summed E-state index contributed by atoms with van der Waals surface area (Å²) in [6, 6.07) is 5.02. The summed E-state index contributed by atoms with van der Waals surface area (Å²) in [4.78, 5) is 26.6. The van der Waals surface area contributed by atoms with Crippen molar-refractivity contribution in [1.82, 2.24) is 19.4 Å². The Labute approximate surface area is 266 Å². The fourth-order valence-electron chi connectivity index (χ4n) is 6.80. The van der Waals surface area contributed by atoms with Gasteiger partial charge in [0.25, 0.3) is 11.5 Å². The second-order valence-corrected chi connectivity index (χ2v) is 14.9. The Morgan fingerprint density at radius 3 is 2.48 bits per heavy atom. The zero-order valence-corrected chi connectivity index (χ0v) is 26.9. The zero-order valence-electron chi connectivity index (χ0n) is 26.1. The maximum absolute atomic E-state index is 16.0. The Morgan fingerprint density at radius 1 is 0.978 bits per heavy atom. The van der Waals surface area contributed by atoms with Crippen LogP contribution in [0.1, 0.15) is 56.2 Å². The lowest BCUT2D eigenvalue weighted by Crippen LogP contribution is -2.43. The molecule has 0 saturated carbocycles. The number of alkyl halides is 2. The predicted octanol–water partition coefficient (Wildman–Crippen LogP) is 4.34. The van der Waals surface area contributed by atoms with E-state index < -0.39 is 39.1 Å². The van der Waals surface area contributed by atoms with Crippen LogP contribution in [0.4, 0.5) is 24.7 Å². The van der Waals surface area contributed by atoms with Gasteiger partial charge in [0.15, 0.2) is 9.84 Å². The van der Waals surface area contributed by atoms with E-state index in [1.165, 1.54) is 24.5 Å². The van der Waals surface area contributed by atoms with E-state index in [4.69, 9.17) is 4.74 Å². The lowest BCUT2D eigenvalue weighted by Gasteiger charge is -2.36. The molecule has 3 aromatic rings. The van der Waals surface area contributed by atoms with E-state index in [-0.39, 0.29) is 35.7 Å². The summed E-state index contributed by atoms with van der Waals surface area (Å²) in [5, 5.41) is 3.67. The fraction of sp³-hybridized carbons (Fsp3) is 0.594. The smallest absolute Gasteiger partial charge is 0.278 e. The Balaban J connectivity index is 1.40. The number of ether oxygens (including phenoxy) is 1. The third-order valence-electron chi connectivity index (χ3n) is 9.54. The molecule has 2 aromatic heterocycles. The number of nitrogens with one attached hydrogen (secondary N) is 1. The molecule has 7 rings (SSSR count). The molecule has 0 aliphatic carbocycles. The average molecular weight is 663 g/mol. The molecule has 0 unspecified atom stereocenters. The lowest BCUT2D eigenvalue weighted by molar-refractivity contribution is -0.0880. The molecule has 2 saturated heterocycles. The van der Waals surface area contributed by atoms with Gasteiger partial charge in [0.2, 0.25) is 0 Å². The maximum atomic E-state index is 16.0. The number of nitrogens with zero attached hydrogens (tertiary/aromatic N) is 5. The average Bonchev–Trinajstić information content (AvgIpc) is 3.03. The first-order valence-electron chi connectivity index (χ1n) is 16.1. The minimum atomic E-state index is -3.33. The number of hydrogen-bond donors (Lipinski definition) is 1. The fourth-order valence-corrected chi connectivity index (χ4v) is 8.00. The number of hydrogen-bond acceptors (Lipinski definition) is 9. The van der Waals surface area contributed by atoms with Gasteiger partial charge < -0.3 is 19.9 Å². The van der Waals surface area contributed by atoms with Crippen molar-refractivity contribution in [2.45, 2.75) is 57.5 Å². The van der Waals surface area contributed by atoms with Crippen molar-refractivity contribution in [3.63, 3.8) is 0 Å². The Kier molecular flexibility index (Phi) is 9.58. The van der Waals surface area contributed by atoms with Gasteiger partial charge in [-0.05, 0) is 64.7 Å². The number of rotatable bonds is 1. The van der Waals surface area contributed by atoms with Gasteiger partial charge in [-0.1, -0.05) is 18.2 Å². The molecule has 1 N–H and O–H groups in total. The van der Waals surface area contributed by atoms with Gasteiger partial charge in [0.05, 0.1) is 28.5 Å². The molecule has 0 radical (unpaired) electrons. The van der Waals surface area contributed by atoms with E-state index in [9.17, 15) is 13.2 Å². The number of benzene rings is 1. The second-order valence-electron chi connectivity index (χ2n) is 12.6. The molecule has 1 aromatic carbocycles. The van der Waals surface area contributed by atoms with Gasteiger partial charge >= 0.3 is 0 Å². The Hall–Kier alpha value is -3.23. The van der Waals surface area contributed by atoms with Crippen LogP contribution in [0.2, 0.25) is 0 Å². The first-order valence-corrected chi connectivity index (χ1v) is 17.9. The first-order chi connectivity index (χ1) is 22.0. The van der Waals surface area contributed by atoms with Crippen molar-refractivity contribution in [2.24, 2.45) is 5.92 Å². The standard InChI is InChI=1S/C32H41F3N6O4S/c1-22-24-6-4-7-26(28(24)33)32(34,35)23-8-12-39(13-9-23)10-2-3-16-45-17-5-11-41-30-25(29(38-22)36-21-37-30)20-27(31(41)42)40-14-18-46(43,44)19-15-40/h4,6-7,20-23H,2-3,5,8-19H2,1H3,(H,36,37,38)/t22-/m0/s1. The van der Waals surface area contributed by atoms with Crippen molar-refractivity contribution in [2.75, 3.05) is 67.7 Å². The molecule has 0 spiro atoms. The number of aromatic nitrogens is 3. The van der Waals surface area contributed by atoms with Crippen LogP contribution >= 0.6 is 0 Å². The number of aryl methyl sites for hydroxylation is 1. The van der Waals surface area contributed by atoms with Crippen LogP contribution in [0, 0.1) is 11.7 Å². The largest absolute Gasteiger partial charge is 0.381 e. The summed E-state index contributed by atoms with van der Waals surface area (Å²) in [6.45, 7) is 5.20. The molecule has 10 nitrogen and oxygen atoms in total. The van der Waals surface area contributed by atoms with Gasteiger partial charge in [-0.25, -0.2) is 31.6 Å². The van der Waals surface area contributed by atoms with Crippen molar-refractivity contribution in [3.05, 3.63) is 57.9 Å². The molecule has 8 bridgehead atoms. The number of halogens is 3. The summed E-state index contributed by atoms with van der Waals surface area (Å²) in [7, 11) is -3.19. The van der Waals surface area contributed by atoms with Gasteiger partial charge in [-0.15, -0.1) is 0 Å². The highest BCUT2D eigenvalue weighted by Crippen LogP contribution is 2.43. The third-order valence-corrected chi connectivity index (χ3v) is 11.1. The predicted molar refractivity (Wildman–Crippen MR) is 171 cm³/mol. The van der Waals surface area contributed by atoms with Crippen LogP contribution in [-0.4, -0.2) is 85.3 Å². The highest BCUT2D eigenvalue weighted by atomic mass is 32.2. The summed E-state index contributed by atoms with van der Waals surface area (Å²) in [5.41, 5.74) is -0.142. The molecule has 4 aliphatic heterocycles. The monoisotopic (exact) mass is 662 g/mol. The zero-order chi connectivity index (χ0) is 32.5. The highest BCUT2D eigenvalue weighted by Gasteiger charge is 2.45. The van der Waals surface area contributed by atoms with Crippen LogP contribution in [0.25, 0.3) is 11.0 Å². The lowest BCUT2D eigenvalue weighted by atomic mass is 9.85. The van der Waals surface area contributed by atoms with E-state index in [0.717, 1.165) is 19.4 Å². The molecule has 14 heteroatoms. The molecule has 46 heavy (non-hydrogen) atoms. The molecule has 0 amide bonds. The SMILES string of the molecule is C[C@@H]1Nc2ncnc3c2cc(N2CCS(=O)(=O)CC2)c(=O)n3CCCOCCCCN2CCC(CC2)C(F)(F)c2cccc1c2F. The number of fused-ring (bicyclic) bond motifs is 10. The van der Waals surface area contributed by atoms with Crippen molar-refractivity contribution in [1.29, 1.82) is 0 Å². The molecule has 250 valence electrons. The van der Waals surface area contributed by atoms with Crippen LogP contribution in [-0.2, 0) is 27.0 Å². The number of piperidine rings is 1. The number of pyridine rings is 1. The van der Waals surface area contributed by atoms with Crippen LogP contribution in [0.3, 0.4) is 0 Å². The minimum Gasteiger partial charge on any atom is -0.381 e. The van der Waals surface area contributed by atoms with Gasteiger partial charge in [0, 0.05) is 44.3 Å². The number of anilines is 2. The van der Waals surface area contributed by atoms with Crippen molar-refractivity contribution in [3.8, 4) is 0 Å². The molecule has 1 atom stereocenters. The summed E-state index contributed by atoms with van der Waals surface area (Å²) < 4.78 is 79.4. The Bertz CT molecular complexity index is 1710. The van der Waals surface area contributed by atoms with E-state index in [1.807, 2.05) is 0 Å². The molecular weight excluding hydrogens is 621 g/mol.